The number of nitrogens with zero attached hydrogens (tertiary/aromatic N) is 1. The molecule has 2 aromatic rings. The molecule has 3 rings (SSSR count). The van der Waals surface area contributed by atoms with E-state index < -0.39 is 14.3 Å². The second kappa shape index (κ2) is 10.7. The molecule has 0 fully saturated rings. The summed E-state index contributed by atoms with van der Waals surface area (Å²) in [5.74, 6) is -0.641. The van der Waals surface area contributed by atoms with E-state index in [0.717, 1.165) is 22.3 Å². The lowest BCUT2D eigenvalue weighted by atomic mass is 9.85. The molecule has 1 aliphatic rings. The molecule has 36 heavy (non-hydrogen) atoms. The number of fused-ring (bicyclic) bond motifs is 1. The Kier molecular flexibility index (Phi) is 8.43. The van der Waals surface area contributed by atoms with Crippen LogP contribution in [0.2, 0.25) is 23.2 Å². The number of rotatable bonds is 7. The van der Waals surface area contributed by atoms with Crippen LogP contribution >= 0.6 is 11.6 Å². The molecule has 5 nitrogen and oxygen atoms in total. The van der Waals surface area contributed by atoms with Crippen molar-refractivity contribution >= 4 is 31.8 Å². The van der Waals surface area contributed by atoms with Crippen molar-refractivity contribution in [3.63, 3.8) is 0 Å². The highest BCUT2D eigenvalue weighted by molar-refractivity contribution is 6.74. The summed E-state index contributed by atoms with van der Waals surface area (Å²) in [6, 6.07) is 10.7. The first-order chi connectivity index (χ1) is 16.6. The van der Waals surface area contributed by atoms with Crippen molar-refractivity contribution in [2.75, 3.05) is 6.61 Å². The molecule has 0 saturated carbocycles. The Balaban J connectivity index is 1.99. The highest BCUT2D eigenvalue weighted by Gasteiger charge is 2.41. The number of carboxylic acids is 1. The standard InChI is InChI=1S/C29H40ClNO4Si/c1-18(2)20-12-13-26(30)21(14-20)15-27(32)31-19(3)23-10-9-11-24(28(33)34)25(23)16-22(31)17-35-36(7,8)29(4,5)6/h9-14,18-19,22H,15-17H2,1-8H3,(H,33,34)/t19-,22+/m0/s1. The van der Waals surface area contributed by atoms with Gasteiger partial charge in [-0.3, -0.25) is 4.79 Å². The minimum atomic E-state index is -2.08. The number of carboxylic acid groups (broad SMARTS) is 1. The summed E-state index contributed by atoms with van der Waals surface area (Å²) in [5.41, 5.74) is 3.94. The third kappa shape index (κ3) is 5.87. The summed E-state index contributed by atoms with van der Waals surface area (Å²) in [4.78, 5) is 27.8. The number of hydrogen-bond donors (Lipinski definition) is 1. The molecule has 2 atom stereocenters. The summed E-state index contributed by atoms with van der Waals surface area (Å²) in [6.45, 7) is 17.5. The number of amides is 1. The zero-order valence-corrected chi connectivity index (χ0v) is 24.6. The van der Waals surface area contributed by atoms with Gasteiger partial charge >= 0.3 is 5.97 Å². The Hall–Kier alpha value is -2.15. The van der Waals surface area contributed by atoms with Gasteiger partial charge in [-0.25, -0.2) is 4.79 Å². The lowest BCUT2D eigenvalue weighted by molar-refractivity contribution is -0.137. The van der Waals surface area contributed by atoms with Gasteiger partial charge in [0.25, 0.3) is 0 Å². The van der Waals surface area contributed by atoms with Crippen LogP contribution in [0.5, 0.6) is 0 Å². The van der Waals surface area contributed by atoms with Gasteiger partial charge in [0, 0.05) is 5.02 Å². The van der Waals surface area contributed by atoms with Gasteiger partial charge in [-0.05, 0) is 71.8 Å². The van der Waals surface area contributed by atoms with Crippen LogP contribution in [0.15, 0.2) is 36.4 Å². The normalized spacial score (nSPS) is 18.3. The number of benzene rings is 2. The van der Waals surface area contributed by atoms with Crippen LogP contribution in [0.4, 0.5) is 0 Å². The number of halogens is 1. The van der Waals surface area contributed by atoms with Crippen LogP contribution in [0.1, 0.15) is 86.1 Å². The molecule has 0 radical (unpaired) electrons. The highest BCUT2D eigenvalue weighted by atomic mass is 35.5. The molecule has 1 aliphatic heterocycles. The molecule has 0 bridgehead atoms. The van der Waals surface area contributed by atoms with Gasteiger partial charge in [-0.2, -0.15) is 0 Å². The minimum absolute atomic E-state index is 0.0249. The second-order valence-electron chi connectivity index (χ2n) is 11.8. The molecular weight excluding hydrogens is 490 g/mol. The fourth-order valence-electron chi connectivity index (χ4n) is 4.65. The van der Waals surface area contributed by atoms with Crippen molar-refractivity contribution in [1.82, 2.24) is 4.90 Å². The average molecular weight is 530 g/mol. The van der Waals surface area contributed by atoms with Crippen molar-refractivity contribution < 1.29 is 19.1 Å². The van der Waals surface area contributed by atoms with Gasteiger partial charge < -0.3 is 14.4 Å². The molecule has 0 unspecified atom stereocenters. The number of aromatic carboxylic acids is 1. The predicted octanol–water partition coefficient (Wildman–Crippen LogP) is 7.24. The fraction of sp³-hybridized carbons (Fsp3) is 0.517. The Morgan fingerprint density at radius 1 is 1.19 bits per heavy atom. The maximum Gasteiger partial charge on any atom is 0.335 e. The van der Waals surface area contributed by atoms with E-state index >= 15 is 0 Å². The molecule has 1 N–H and O–H groups in total. The van der Waals surface area contributed by atoms with Crippen LogP contribution in [-0.4, -0.2) is 42.8 Å². The minimum Gasteiger partial charge on any atom is -0.478 e. The van der Waals surface area contributed by atoms with Crippen molar-refractivity contribution in [1.29, 1.82) is 0 Å². The Morgan fingerprint density at radius 3 is 2.44 bits per heavy atom. The first-order valence-corrected chi connectivity index (χ1v) is 16.0. The molecule has 0 aromatic heterocycles. The lowest BCUT2D eigenvalue weighted by Gasteiger charge is -2.44. The maximum atomic E-state index is 13.9. The van der Waals surface area contributed by atoms with Crippen LogP contribution in [0.3, 0.4) is 0 Å². The summed E-state index contributed by atoms with van der Waals surface area (Å²) >= 11 is 6.51. The van der Waals surface area contributed by atoms with E-state index in [1.165, 1.54) is 0 Å². The van der Waals surface area contributed by atoms with E-state index in [4.69, 9.17) is 16.0 Å². The van der Waals surface area contributed by atoms with E-state index in [2.05, 4.69) is 47.7 Å². The Bertz CT molecular complexity index is 1140. The highest BCUT2D eigenvalue weighted by Crippen LogP contribution is 2.39. The monoisotopic (exact) mass is 529 g/mol. The third-order valence-electron chi connectivity index (χ3n) is 7.95. The molecule has 1 amide bonds. The Labute approximate surface area is 221 Å². The predicted molar refractivity (Wildman–Crippen MR) is 149 cm³/mol. The van der Waals surface area contributed by atoms with Crippen molar-refractivity contribution in [2.24, 2.45) is 0 Å². The van der Waals surface area contributed by atoms with Crippen LogP contribution < -0.4 is 0 Å². The van der Waals surface area contributed by atoms with Crippen LogP contribution in [0, 0.1) is 0 Å². The SMILES string of the molecule is CC(C)c1ccc(Cl)c(CC(=O)N2[C@@H](CO[Si](C)(C)C(C)(C)C)Cc3c(C(=O)O)cccc3[C@@H]2C)c1. The van der Waals surface area contributed by atoms with Crippen LogP contribution in [-0.2, 0) is 22.1 Å². The molecule has 196 valence electrons. The zero-order valence-electron chi connectivity index (χ0n) is 22.8. The van der Waals surface area contributed by atoms with Crippen molar-refractivity contribution in [3.8, 4) is 0 Å². The van der Waals surface area contributed by atoms with Crippen LogP contribution in [0.25, 0.3) is 0 Å². The summed E-state index contributed by atoms with van der Waals surface area (Å²) in [5, 5.41) is 10.4. The Morgan fingerprint density at radius 2 is 1.86 bits per heavy atom. The topological polar surface area (TPSA) is 66.8 Å². The van der Waals surface area contributed by atoms with Crippen molar-refractivity contribution in [2.45, 2.75) is 90.5 Å². The molecular formula is C29H40ClNO4Si. The molecule has 0 saturated heterocycles. The zero-order chi connectivity index (χ0) is 27.0. The van der Waals surface area contributed by atoms with Crippen molar-refractivity contribution in [3.05, 3.63) is 69.2 Å². The fourth-order valence-corrected chi connectivity index (χ4v) is 5.87. The van der Waals surface area contributed by atoms with Gasteiger partial charge in [0.15, 0.2) is 8.32 Å². The van der Waals surface area contributed by atoms with E-state index in [0.29, 0.717) is 29.5 Å². The van der Waals surface area contributed by atoms with Gasteiger partial charge in [-0.15, -0.1) is 0 Å². The number of carbonyl (C=O) groups excluding carboxylic acids is 1. The van der Waals surface area contributed by atoms with E-state index in [1.807, 2.05) is 36.1 Å². The first kappa shape index (κ1) is 28.4. The summed E-state index contributed by atoms with van der Waals surface area (Å²) in [7, 11) is -2.08. The quantitative estimate of drug-likeness (QED) is 0.384. The van der Waals surface area contributed by atoms with E-state index in [1.54, 1.807) is 12.1 Å². The summed E-state index contributed by atoms with van der Waals surface area (Å²) < 4.78 is 6.57. The largest absolute Gasteiger partial charge is 0.478 e. The molecule has 7 heteroatoms. The van der Waals surface area contributed by atoms with Gasteiger partial charge in [-0.1, -0.05) is 70.5 Å². The second-order valence-corrected chi connectivity index (χ2v) is 17.0. The maximum absolute atomic E-state index is 13.9. The summed E-state index contributed by atoms with van der Waals surface area (Å²) in [6.07, 6.45) is 0.635. The first-order valence-electron chi connectivity index (χ1n) is 12.7. The van der Waals surface area contributed by atoms with E-state index in [-0.39, 0.29) is 29.4 Å². The molecule has 1 heterocycles. The number of hydrogen-bond acceptors (Lipinski definition) is 3. The van der Waals surface area contributed by atoms with Gasteiger partial charge in [0.2, 0.25) is 5.91 Å². The number of carbonyl (C=O) groups is 2. The molecule has 0 spiro atoms. The van der Waals surface area contributed by atoms with Gasteiger partial charge in [0.1, 0.15) is 0 Å². The average Bonchev–Trinajstić information content (AvgIpc) is 2.77. The van der Waals surface area contributed by atoms with E-state index in [9.17, 15) is 14.7 Å². The molecule has 0 aliphatic carbocycles. The third-order valence-corrected chi connectivity index (χ3v) is 12.8. The smallest absolute Gasteiger partial charge is 0.335 e. The van der Waals surface area contributed by atoms with Gasteiger partial charge in [0.05, 0.1) is 30.7 Å². The molecule has 2 aromatic carbocycles. The lowest BCUT2D eigenvalue weighted by Crippen LogP contribution is -2.52.